The molecule has 2 N–H and O–H groups in total. The summed E-state index contributed by atoms with van der Waals surface area (Å²) in [6.45, 7) is 0. The molecule has 0 bridgehead atoms. The molecule has 0 saturated heterocycles. The Bertz CT molecular complexity index is 1670. The number of nitrogens with zero attached hydrogens (tertiary/aromatic N) is 1. The minimum absolute atomic E-state index is 0.0930. The lowest BCUT2D eigenvalue weighted by molar-refractivity contribution is -0.139. The maximum atomic E-state index is 14.1. The second-order valence-corrected chi connectivity index (χ2v) is 9.28. The lowest BCUT2D eigenvalue weighted by atomic mass is 9.93. The second kappa shape index (κ2) is 10.1. The molecule has 1 atom stereocenters. The number of pyridine rings is 1. The van der Waals surface area contributed by atoms with Gasteiger partial charge >= 0.3 is 5.97 Å². The van der Waals surface area contributed by atoms with E-state index >= 15 is 0 Å². The first kappa shape index (κ1) is 24.5. The molecule has 0 saturated carbocycles. The topological polar surface area (TPSA) is 79.3 Å². The minimum atomic E-state index is -1.41. The molecule has 1 heterocycles. The van der Waals surface area contributed by atoms with Gasteiger partial charge in [-0.1, -0.05) is 66.7 Å². The fourth-order valence-corrected chi connectivity index (χ4v) is 5.10. The third kappa shape index (κ3) is 4.68. The van der Waals surface area contributed by atoms with Gasteiger partial charge in [0.05, 0.1) is 10.2 Å². The SMILES string of the molecule is O=C(NC(Cc1ccc(-c2ncc3ccccc3c2Br)c2ccccc12)C(=O)O)c1c(F)cccc1F. The molecular formula is C29H19BrF2N2O3. The van der Waals surface area contributed by atoms with Crippen molar-refractivity contribution < 1.29 is 23.5 Å². The molecule has 0 radical (unpaired) electrons. The van der Waals surface area contributed by atoms with Crippen molar-refractivity contribution in [2.24, 2.45) is 0 Å². The molecule has 0 spiro atoms. The van der Waals surface area contributed by atoms with Crippen LogP contribution in [-0.4, -0.2) is 28.0 Å². The van der Waals surface area contributed by atoms with E-state index in [4.69, 9.17) is 0 Å². The highest BCUT2D eigenvalue weighted by atomic mass is 79.9. The molecule has 1 amide bonds. The highest BCUT2D eigenvalue weighted by molar-refractivity contribution is 9.10. The van der Waals surface area contributed by atoms with Gasteiger partial charge in [-0.05, 0) is 49.8 Å². The molecule has 1 unspecified atom stereocenters. The predicted molar refractivity (Wildman–Crippen MR) is 141 cm³/mol. The number of carboxylic acid groups (broad SMARTS) is 1. The number of aromatic nitrogens is 1. The Kier molecular flexibility index (Phi) is 6.67. The highest BCUT2D eigenvalue weighted by Crippen LogP contribution is 2.37. The van der Waals surface area contributed by atoms with Gasteiger partial charge in [-0.3, -0.25) is 9.78 Å². The quantitative estimate of drug-likeness (QED) is 0.248. The average Bonchev–Trinajstić information content (AvgIpc) is 2.89. The van der Waals surface area contributed by atoms with Crippen LogP contribution in [0.15, 0.2) is 89.5 Å². The van der Waals surface area contributed by atoms with E-state index in [0.29, 0.717) is 5.56 Å². The maximum Gasteiger partial charge on any atom is 0.326 e. The fraction of sp³-hybridized carbons (Fsp3) is 0.0690. The van der Waals surface area contributed by atoms with E-state index in [0.717, 1.165) is 55.5 Å². The Morgan fingerprint density at radius 2 is 1.51 bits per heavy atom. The first-order chi connectivity index (χ1) is 17.8. The molecular weight excluding hydrogens is 542 g/mol. The van der Waals surface area contributed by atoms with Gasteiger partial charge in [-0.2, -0.15) is 0 Å². The summed E-state index contributed by atoms with van der Waals surface area (Å²) in [7, 11) is 0. The number of carbonyl (C=O) groups is 2. The van der Waals surface area contributed by atoms with Crippen LogP contribution in [0.4, 0.5) is 8.78 Å². The molecule has 37 heavy (non-hydrogen) atoms. The van der Waals surface area contributed by atoms with E-state index < -0.39 is 35.1 Å². The number of amides is 1. The summed E-state index contributed by atoms with van der Waals surface area (Å²) in [4.78, 5) is 29.3. The molecule has 0 fully saturated rings. The zero-order valence-corrected chi connectivity index (χ0v) is 20.8. The van der Waals surface area contributed by atoms with Crippen molar-refractivity contribution in [2.45, 2.75) is 12.5 Å². The van der Waals surface area contributed by atoms with Gasteiger partial charge in [0.25, 0.3) is 5.91 Å². The van der Waals surface area contributed by atoms with Crippen molar-refractivity contribution >= 4 is 49.4 Å². The fourth-order valence-electron chi connectivity index (χ4n) is 4.43. The second-order valence-electron chi connectivity index (χ2n) is 8.49. The number of carboxylic acids is 1. The normalized spacial score (nSPS) is 12.0. The van der Waals surface area contributed by atoms with Crippen LogP contribution < -0.4 is 5.32 Å². The maximum absolute atomic E-state index is 14.1. The number of hydrogen-bond donors (Lipinski definition) is 2. The van der Waals surface area contributed by atoms with E-state index in [9.17, 15) is 23.5 Å². The number of benzene rings is 4. The van der Waals surface area contributed by atoms with Crippen molar-refractivity contribution in [3.05, 3.63) is 112 Å². The summed E-state index contributed by atoms with van der Waals surface area (Å²) in [5.74, 6) is -4.58. The first-order valence-corrected chi connectivity index (χ1v) is 12.2. The van der Waals surface area contributed by atoms with Gasteiger partial charge in [0.1, 0.15) is 23.2 Å². The van der Waals surface area contributed by atoms with Crippen LogP contribution >= 0.6 is 15.9 Å². The molecule has 0 aliphatic rings. The number of halogens is 3. The smallest absolute Gasteiger partial charge is 0.326 e. The van der Waals surface area contributed by atoms with Crippen LogP contribution in [0.25, 0.3) is 32.8 Å². The number of nitrogens with one attached hydrogen (secondary N) is 1. The van der Waals surface area contributed by atoms with Gasteiger partial charge in [-0.25, -0.2) is 13.6 Å². The molecule has 184 valence electrons. The Morgan fingerprint density at radius 3 is 2.22 bits per heavy atom. The van der Waals surface area contributed by atoms with Crippen LogP contribution in [0.2, 0.25) is 0 Å². The minimum Gasteiger partial charge on any atom is -0.480 e. The number of hydrogen-bond acceptors (Lipinski definition) is 3. The van der Waals surface area contributed by atoms with Crippen LogP contribution in [0.1, 0.15) is 15.9 Å². The summed E-state index contributed by atoms with van der Waals surface area (Å²) in [6.07, 6.45) is 1.71. The average molecular weight is 561 g/mol. The van der Waals surface area contributed by atoms with Crippen molar-refractivity contribution in [3.63, 3.8) is 0 Å². The van der Waals surface area contributed by atoms with Crippen molar-refractivity contribution in [1.29, 1.82) is 0 Å². The van der Waals surface area contributed by atoms with Gasteiger partial charge in [0, 0.05) is 23.6 Å². The molecule has 8 heteroatoms. The molecule has 0 aliphatic carbocycles. The Morgan fingerprint density at radius 1 is 0.865 bits per heavy atom. The molecule has 5 rings (SSSR count). The van der Waals surface area contributed by atoms with Gasteiger partial charge in [0.15, 0.2) is 0 Å². The molecule has 0 aliphatic heterocycles. The number of carbonyl (C=O) groups excluding carboxylic acids is 1. The van der Waals surface area contributed by atoms with E-state index in [1.54, 1.807) is 12.3 Å². The summed E-state index contributed by atoms with van der Waals surface area (Å²) in [6, 6.07) is 20.6. The summed E-state index contributed by atoms with van der Waals surface area (Å²) in [5, 5.41) is 15.7. The molecule has 5 nitrogen and oxygen atoms in total. The van der Waals surface area contributed by atoms with Crippen LogP contribution in [-0.2, 0) is 11.2 Å². The largest absolute Gasteiger partial charge is 0.480 e. The van der Waals surface area contributed by atoms with Crippen LogP contribution in [0.3, 0.4) is 0 Å². The first-order valence-electron chi connectivity index (χ1n) is 11.4. The molecule has 1 aromatic heterocycles. The Balaban J connectivity index is 1.53. The van der Waals surface area contributed by atoms with E-state index in [2.05, 4.69) is 26.2 Å². The molecule has 4 aromatic carbocycles. The zero-order chi connectivity index (χ0) is 26.1. The van der Waals surface area contributed by atoms with Crippen molar-refractivity contribution in [2.75, 3.05) is 0 Å². The summed E-state index contributed by atoms with van der Waals surface area (Å²) < 4.78 is 29.0. The van der Waals surface area contributed by atoms with E-state index in [-0.39, 0.29) is 6.42 Å². The number of rotatable bonds is 6. The monoisotopic (exact) mass is 560 g/mol. The predicted octanol–water partition coefficient (Wildman–Crippen LogP) is 6.52. The summed E-state index contributed by atoms with van der Waals surface area (Å²) >= 11 is 3.69. The van der Waals surface area contributed by atoms with E-state index in [1.165, 1.54) is 0 Å². The number of aliphatic carboxylic acids is 1. The zero-order valence-electron chi connectivity index (χ0n) is 19.2. The van der Waals surface area contributed by atoms with Crippen molar-refractivity contribution in [3.8, 4) is 11.3 Å². The number of fused-ring (bicyclic) bond motifs is 2. The third-order valence-corrected chi connectivity index (χ3v) is 7.03. The van der Waals surface area contributed by atoms with Crippen LogP contribution in [0.5, 0.6) is 0 Å². The van der Waals surface area contributed by atoms with Gasteiger partial charge in [-0.15, -0.1) is 0 Å². The lowest BCUT2D eigenvalue weighted by Crippen LogP contribution is -2.43. The lowest BCUT2D eigenvalue weighted by Gasteiger charge is -2.18. The summed E-state index contributed by atoms with van der Waals surface area (Å²) in [5.41, 5.74) is 1.42. The highest BCUT2D eigenvalue weighted by Gasteiger charge is 2.26. The molecule has 5 aromatic rings. The third-order valence-electron chi connectivity index (χ3n) is 6.22. The van der Waals surface area contributed by atoms with E-state index in [1.807, 2.05) is 54.6 Å². The van der Waals surface area contributed by atoms with Gasteiger partial charge in [0.2, 0.25) is 0 Å². The Hall–Kier alpha value is -4.17. The van der Waals surface area contributed by atoms with Gasteiger partial charge < -0.3 is 10.4 Å². The van der Waals surface area contributed by atoms with Crippen LogP contribution in [0, 0.1) is 11.6 Å². The van der Waals surface area contributed by atoms with Crippen molar-refractivity contribution in [1.82, 2.24) is 10.3 Å². The Labute approximate surface area is 218 Å². The standard InChI is InChI=1S/C29H19BrF2N2O3/c30-26-19-8-2-1-6-17(19)15-33-27(26)21-13-12-16(18-7-3-4-9-20(18)21)14-24(29(36)37)34-28(35)25-22(31)10-5-11-23(25)32/h1-13,15,24H,14H2,(H,34,35)(H,36,37).